The molecule has 0 saturated carbocycles. The Morgan fingerprint density at radius 3 is 2.95 bits per heavy atom. The number of ketones is 1. The SMILES string of the molecule is CC(=O)CCc1nc(C2CN(C)CCCN2C)no1. The number of Topliss-reactive ketones (excluding diaryl/α,β-unsaturated/α-hetero) is 1. The lowest BCUT2D eigenvalue weighted by Gasteiger charge is -2.24. The lowest BCUT2D eigenvalue weighted by Crippen LogP contribution is -2.31. The van der Waals surface area contributed by atoms with Gasteiger partial charge < -0.3 is 14.2 Å². The monoisotopic (exact) mass is 266 g/mol. The van der Waals surface area contributed by atoms with E-state index >= 15 is 0 Å². The molecule has 2 heterocycles. The van der Waals surface area contributed by atoms with Crippen molar-refractivity contribution >= 4 is 5.78 Å². The Labute approximate surface area is 113 Å². The van der Waals surface area contributed by atoms with Gasteiger partial charge in [-0.15, -0.1) is 0 Å². The number of aryl methyl sites for hydroxylation is 1. The summed E-state index contributed by atoms with van der Waals surface area (Å²) in [7, 11) is 4.21. The maximum atomic E-state index is 11.0. The number of rotatable bonds is 4. The molecule has 106 valence electrons. The van der Waals surface area contributed by atoms with Crippen LogP contribution in [0.2, 0.25) is 0 Å². The van der Waals surface area contributed by atoms with Gasteiger partial charge in [-0.3, -0.25) is 4.90 Å². The second-order valence-electron chi connectivity index (χ2n) is 5.36. The van der Waals surface area contributed by atoms with Gasteiger partial charge in [-0.2, -0.15) is 4.98 Å². The van der Waals surface area contributed by atoms with E-state index in [4.69, 9.17) is 4.52 Å². The predicted molar refractivity (Wildman–Crippen MR) is 70.8 cm³/mol. The molecule has 1 aromatic rings. The van der Waals surface area contributed by atoms with E-state index in [1.165, 1.54) is 0 Å². The van der Waals surface area contributed by atoms with Crippen molar-refractivity contribution in [2.45, 2.75) is 32.2 Å². The number of carbonyl (C=O) groups excluding carboxylic acids is 1. The molecule has 0 aliphatic carbocycles. The first-order chi connectivity index (χ1) is 9.06. The third-order valence-electron chi connectivity index (χ3n) is 3.54. The summed E-state index contributed by atoms with van der Waals surface area (Å²) < 4.78 is 5.23. The Hall–Kier alpha value is -1.27. The maximum Gasteiger partial charge on any atom is 0.227 e. The van der Waals surface area contributed by atoms with Gasteiger partial charge in [0.15, 0.2) is 5.82 Å². The van der Waals surface area contributed by atoms with E-state index < -0.39 is 0 Å². The van der Waals surface area contributed by atoms with Gasteiger partial charge >= 0.3 is 0 Å². The van der Waals surface area contributed by atoms with E-state index in [9.17, 15) is 4.79 Å². The van der Waals surface area contributed by atoms with E-state index in [0.717, 1.165) is 31.9 Å². The molecular weight excluding hydrogens is 244 g/mol. The van der Waals surface area contributed by atoms with Crippen LogP contribution in [0.4, 0.5) is 0 Å². The van der Waals surface area contributed by atoms with Gasteiger partial charge in [0.2, 0.25) is 5.89 Å². The molecule has 0 bridgehead atoms. The summed E-state index contributed by atoms with van der Waals surface area (Å²) in [5.41, 5.74) is 0. The van der Waals surface area contributed by atoms with Crippen molar-refractivity contribution in [3.63, 3.8) is 0 Å². The molecule has 0 N–H and O–H groups in total. The smallest absolute Gasteiger partial charge is 0.227 e. The van der Waals surface area contributed by atoms with Gasteiger partial charge in [0, 0.05) is 19.4 Å². The van der Waals surface area contributed by atoms with Crippen molar-refractivity contribution in [1.29, 1.82) is 0 Å². The first-order valence-electron chi connectivity index (χ1n) is 6.77. The molecule has 1 unspecified atom stereocenters. The third kappa shape index (κ3) is 3.84. The van der Waals surface area contributed by atoms with Crippen LogP contribution in [-0.4, -0.2) is 59.5 Å². The lowest BCUT2D eigenvalue weighted by atomic mass is 10.2. The number of hydrogen-bond acceptors (Lipinski definition) is 6. The predicted octanol–water partition coefficient (Wildman–Crippen LogP) is 0.900. The van der Waals surface area contributed by atoms with Gasteiger partial charge in [0.1, 0.15) is 5.78 Å². The van der Waals surface area contributed by atoms with Gasteiger partial charge in [-0.05, 0) is 40.5 Å². The minimum absolute atomic E-state index is 0.145. The fraction of sp³-hybridized carbons (Fsp3) is 0.769. The summed E-state index contributed by atoms with van der Waals surface area (Å²) in [6, 6.07) is 0.169. The highest BCUT2D eigenvalue weighted by Gasteiger charge is 2.26. The molecule has 0 spiro atoms. The maximum absolute atomic E-state index is 11.0. The average molecular weight is 266 g/mol. The highest BCUT2D eigenvalue weighted by Crippen LogP contribution is 2.20. The second kappa shape index (κ2) is 6.25. The topological polar surface area (TPSA) is 62.5 Å². The average Bonchev–Trinajstić information content (AvgIpc) is 2.75. The summed E-state index contributed by atoms with van der Waals surface area (Å²) >= 11 is 0. The molecule has 0 radical (unpaired) electrons. The highest BCUT2D eigenvalue weighted by molar-refractivity contribution is 5.75. The van der Waals surface area contributed by atoms with Gasteiger partial charge in [-0.25, -0.2) is 0 Å². The number of nitrogens with zero attached hydrogens (tertiary/aromatic N) is 4. The molecule has 0 aromatic carbocycles. The Balaban J connectivity index is 2.05. The zero-order chi connectivity index (χ0) is 13.8. The Bertz CT molecular complexity index is 432. The summed E-state index contributed by atoms with van der Waals surface area (Å²) in [4.78, 5) is 20.0. The second-order valence-corrected chi connectivity index (χ2v) is 5.36. The van der Waals surface area contributed by atoms with Crippen molar-refractivity contribution in [2.24, 2.45) is 0 Å². The first kappa shape index (κ1) is 14.1. The van der Waals surface area contributed by atoms with Crippen LogP contribution in [0, 0.1) is 0 Å². The number of hydrogen-bond donors (Lipinski definition) is 0. The molecule has 19 heavy (non-hydrogen) atoms. The van der Waals surface area contributed by atoms with E-state index in [2.05, 4.69) is 34.0 Å². The minimum atomic E-state index is 0.145. The van der Waals surface area contributed by atoms with Crippen LogP contribution in [0.15, 0.2) is 4.52 Å². The van der Waals surface area contributed by atoms with Crippen LogP contribution < -0.4 is 0 Å². The van der Waals surface area contributed by atoms with Crippen LogP contribution >= 0.6 is 0 Å². The number of aromatic nitrogens is 2. The normalized spacial score (nSPS) is 22.4. The standard InChI is InChI=1S/C13H22N4O2/c1-10(18)5-6-12-14-13(15-19-12)11-9-16(2)7-4-8-17(11)3/h11H,4-9H2,1-3H3. The van der Waals surface area contributed by atoms with E-state index in [0.29, 0.717) is 18.7 Å². The Morgan fingerprint density at radius 2 is 2.21 bits per heavy atom. The first-order valence-corrected chi connectivity index (χ1v) is 6.77. The van der Waals surface area contributed by atoms with Crippen molar-refractivity contribution in [2.75, 3.05) is 33.7 Å². The molecule has 1 fully saturated rings. The van der Waals surface area contributed by atoms with Crippen molar-refractivity contribution < 1.29 is 9.32 Å². The van der Waals surface area contributed by atoms with Crippen LogP contribution in [-0.2, 0) is 11.2 Å². The molecule has 1 aliphatic rings. The summed E-state index contributed by atoms with van der Waals surface area (Å²) in [5, 5.41) is 4.08. The van der Waals surface area contributed by atoms with Crippen LogP contribution in [0.5, 0.6) is 0 Å². The molecule has 1 atom stereocenters. The molecule has 6 heteroatoms. The summed E-state index contributed by atoms with van der Waals surface area (Å²) in [6.07, 6.45) is 2.15. The molecule has 2 rings (SSSR count). The van der Waals surface area contributed by atoms with E-state index in [1.54, 1.807) is 6.92 Å². The van der Waals surface area contributed by atoms with Crippen molar-refractivity contribution in [1.82, 2.24) is 19.9 Å². The summed E-state index contributed by atoms with van der Waals surface area (Å²) in [6.45, 7) is 4.61. The van der Waals surface area contributed by atoms with E-state index in [-0.39, 0.29) is 11.8 Å². The van der Waals surface area contributed by atoms with Gasteiger partial charge in [-0.1, -0.05) is 5.16 Å². The minimum Gasteiger partial charge on any atom is -0.339 e. The molecule has 1 aliphatic heterocycles. The fourth-order valence-corrected chi connectivity index (χ4v) is 2.34. The quantitative estimate of drug-likeness (QED) is 0.807. The van der Waals surface area contributed by atoms with Crippen molar-refractivity contribution in [3.8, 4) is 0 Å². The molecule has 1 aromatic heterocycles. The fourth-order valence-electron chi connectivity index (χ4n) is 2.34. The zero-order valence-electron chi connectivity index (χ0n) is 11.9. The van der Waals surface area contributed by atoms with Crippen LogP contribution in [0.25, 0.3) is 0 Å². The van der Waals surface area contributed by atoms with Crippen LogP contribution in [0.1, 0.15) is 37.5 Å². The van der Waals surface area contributed by atoms with Gasteiger partial charge in [0.25, 0.3) is 0 Å². The van der Waals surface area contributed by atoms with Crippen molar-refractivity contribution in [3.05, 3.63) is 11.7 Å². The number of likely N-dealkylation sites (N-methyl/N-ethyl adjacent to an activating group) is 2. The molecular formula is C13H22N4O2. The lowest BCUT2D eigenvalue weighted by molar-refractivity contribution is -0.117. The third-order valence-corrected chi connectivity index (χ3v) is 3.54. The molecule has 6 nitrogen and oxygen atoms in total. The molecule has 1 saturated heterocycles. The van der Waals surface area contributed by atoms with Crippen LogP contribution in [0.3, 0.4) is 0 Å². The number of carbonyl (C=O) groups is 1. The Kier molecular flexibility index (Phi) is 4.66. The van der Waals surface area contributed by atoms with E-state index in [1.807, 2.05) is 0 Å². The summed E-state index contributed by atoms with van der Waals surface area (Å²) in [5.74, 6) is 1.44. The highest BCUT2D eigenvalue weighted by atomic mass is 16.5. The zero-order valence-corrected chi connectivity index (χ0v) is 11.9. The molecule has 0 amide bonds. The van der Waals surface area contributed by atoms with Gasteiger partial charge in [0.05, 0.1) is 6.04 Å². The largest absolute Gasteiger partial charge is 0.339 e. The Morgan fingerprint density at radius 1 is 1.42 bits per heavy atom.